The molecule has 0 heterocycles. The first kappa shape index (κ1) is 6.65. The van der Waals surface area contributed by atoms with Crippen molar-refractivity contribution in [2.24, 2.45) is 4.99 Å². The zero-order valence-corrected chi connectivity index (χ0v) is 4.04. The lowest BCUT2D eigenvalue weighted by Crippen LogP contribution is -2.10. The summed E-state index contributed by atoms with van der Waals surface area (Å²) >= 11 is 0. The van der Waals surface area contributed by atoms with Crippen molar-refractivity contribution < 1.29 is 10.0 Å². The summed E-state index contributed by atoms with van der Waals surface area (Å²) in [7, 11) is -1.23. The molecule has 0 aliphatic rings. The second-order valence-corrected chi connectivity index (χ2v) is 1.22. The van der Waals surface area contributed by atoms with Crippen molar-refractivity contribution in [2.45, 2.75) is 6.32 Å². The molecule has 0 atom stereocenters. The lowest BCUT2D eigenvalue weighted by Gasteiger charge is -1.89. The molecule has 0 fully saturated rings. The maximum atomic E-state index is 8.15. The first-order valence-electron chi connectivity index (χ1n) is 2.06. The van der Waals surface area contributed by atoms with Crippen LogP contribution in [0.5, 0.6) is 0 Å². The molecule has 3 nitrogen and oxygen atoms in total. The fourth-order valence-corrected chi connectivity index (χ4v) is 0.207. The van der Waals surface area contributed by atoms with Gasteiger partial charge < -0.3 is 15.0 Å². The lowest BCUT2D eigenvalue weighted by atomic mass is 9.87. The minimum atomic E-state index is -1.23. The number of rotatable bonds is 3. The Kier molecular flexibility index (Phi) is 3.64. The lowest BCUT2D eigenvalue weighted by molar-refractivity contribution is 0.406. The zero-order valence-electron chi connectivity index (χ0n) is 4.04. The first-order valence-corrected chi connectivity index (χ1v) is 2.06. The highest BCUT2D eigenvalue weighted by Gasteiger charge is 2.02. The van der Waals surface area contributed by atoms with Crippen LogP contribution in [0, 0.1) is 0 Å². The van der Waals surface area contributed by atoms with E-state index in [1.54, 1.807) is 0 Å². The van der Waals surface area contributed by atoms with Crippen LogP contribution in [0.25, 0.3) is 0 Å². The molecule has 4 heteroatoms. The van der Waals surface area contributed by atoms with E-state index in [0.717, 1.165) is 0 Å². The van der Waals surface area contributed by atoms with Crippen molar-refractivity contribution >= 4 is 13.8 Å². The Balaban J connectivity index is 2.81. The molecule has 0 bridgehead atoms. The topological polar surface area (TPSA) is 52.8 Å². The molecule has 0 unspecified atom stereocenters. The summed E-state index contributed by atoms with van der Waals surface area (Å²) in [5.74, 6) is 0. The molecule has 0 spiro atoms. The minimum Gasteiger partial charge on any atom is -0.427 e. The maximum absolute atomic E-state index is 8.15. The van der Waals surface area contributed by atoms with Gasteiger partial charge in [-0.15, -0.1) is 0 Å². The number of nitrogens with zero attached hydrogens (tertiary/aromatic N) is 1. The molecule has 0 aromatic heterocycles. The Labute approximate surface area is 42.8 Å². The standard InChI is InChI=1S/C3H8BNO2/c1-5-3-2-4(6)7/h6-7H,1-3H2. The average Bonchev–Trinajstić information content (AvgIpc) is 1.61. The fraction of sp³-hybridized carbons (Fsp3) is 0.667. The van der Waals surface area contributed by atoms with Crippen LogP contribution in [0.1, 0.15) is 0 Å². The van der Waals surface area contributed by atoms with E-state index >= 15 is 0 Å². The monoisotopic (exact) mass is 101 g/mol. The highest BCUT2D eigenvalue weighted by Crippen LogP contribution is 1.81. The molecule has 40 valence electrons. The maximum Gasteiger partial charge on any atom is 0.453 e. The van der Waals surface area contributed by atoms with E-state index in [2.05, 4.69) is 11.7 Å². The zero-order chi connectivity index (χ0) is 5.70. The van der Waals surface area contributed by atoms with E-state index in [4.69, 9.17) is 10.0 Å². The molecule has 0 amide bonds. The summed E-state index contributed by atoms with van der Waals surface area (Å²) in [6.07, 6.45) is 0.281. The largest absolute Gasteiger partial charge is 0.453 e. The molecular formula is C3H8BNO2. The second-order valence-electron chi connectivity index (χ2n) is 1.22. The summed E-state index contributed by atoms with van der Waals surface area (Å²) < 4.78 is 0. The minimum absolute atomic E-state index is 0.281. The van der Waals surface area contributed by atoms with Gasteiger partial charge in [-0.05, 0) is 6.72 Å². The van der Waals surface area contributed by atoms with Gasteiger partial charge in [0, 0.05) is 12.9 Å². The van der Waals surface area contributed by atoms with Gasteiger partial charge in [0.15, 0.2) is 0 Å². The van der Waals surface area contributed by atoms with Gasteiger partial charge in [-0.3, -0.25) is 0 Å². The quantitative estimate of drug-likeness (QED) is 0.359. The summed E-state index contributed by atoms with van der Waals surface area (Å²) in [6, 6.07) is 0. The number of hydrogen-bond donors (Lipinski definition) is 2. The molecule has 0 aromatic rings. The highest BCUT2D eigenvalue weighted by molar-refractivity contribution is 6.41. The number of aliphatic imine (C=N–C) groups is 1. The van der Waals surface area contributed by atoms with E-state index in [9.17, 15) is 0 Å². The predicted octanol–water partition coefficient (Wildman–Crippen LogP) is -0.840. The molecule has 7 heavy (non-hydrogen) atoms. The summed E-state index contributed by atoms with van der Waals surface area (Å²) in [5.41, 5.74) is 0. The summed E-state index contributed by atoms with van der Waals surface area (Å²) in [5, 5.41) is 16.3. The Bertz CT molecular complexity index is 56.9. The molecule has 0 rings (SSSR count). The Morgan fingerprint density at radius 1 is 1.57 bits per heavy atom. The number of hydrogen-bond acceptors (Lipinski definition) is 3. The van der Waals surface area contributed by atoms with Gasteiger partial charge >= 0.3 is 7.12 Å². The van der Waals surface area contributed by atoms with Gasteiger partial charge in [0.2, 0.25) is 0 Å². The normalized spacial score (nSPS) is 8.29. The SMILES string of the molecule is C=NCCB(O)O. The molecule has 0 aromatic carbocycles. The Morgan fingerprint density at radius 2 is 2.14 bits per heavy atom. The molecule has 0 saturated carbocycles. The van der Waals surface area contributed by atoms with Crippen LogP contribution in [0.15, 0.2) is 4.99 Å². The van der Waals surface area contributed by atoms with Gasteiger partial charge in [-0.1, -0.05) is 0 Å². The Morgan fingerprint density at radius 3 is 2.29 bits per heavy atom. The Hall–Kier alpha value is -0.345. The van der Waals surface area contributed by atoms with Crippen LogP contribution in [0.2, 0.25) is 6.32 Å². The predicted molar refractivity (Wildman–Crippen MR) is 29.4 cm³/mol. The van der Waals surface area contributed by atoms with E-state index in [-0.39, 0.29) is 6.32 Å². The van der Waals surface area contributed by atoms with Crippen LogP contribution in [0.4, 0.5) is 0 Å². The third-order valence-corrected chi connectivity index (χ3v) is 0.545. The molecule has 0 radical (unpaired) electrons. The van der Waals surface area contributed by atoms with Crippen LogP contribution in [-0.4, -0.2) is 30.4 Å². The van der Waals surface area contributed by atoms with Crippen molar-refractivity contribution in [2.75, 3.05) is 6.54 Å². The highest BCUT2D eigenvalue weighted by atomic mass is 16.4. The van der Waals surface area contributed by atoms with Crippen LogP contribution in [0.3, 0.4) is 0 Å². The fourth-order valence-electron chi connectivity index (χ4n) is 0.207. The first-order chi connectivity index (χ1) is 3.27. The molecule has 0 saturated heterocycles. The molecule has 0 aliphatic heterocycles. The van der Waals surface area contributed by atoms with Crippen LogP contribution >= 0.6 is 0 Å². The van der Waals surface area contributed by atoms with Gasteiger partial charge in [0.1, 0.15) is 0 Å². The summed E-state index contributed by atoms with van der Waals surface area (Å²) in [6.45, 7) is 3.57. The van der Waals surface area contributed by atoms with Crippen molar-refractivity contribution in [1.82, 2.24) is 0 Å². The summed E-state index contributed by atoms with van der Waals surface area (Å²) in [4.78, 5) is 3.41. The molecule has 0 aliphatic carbocycles. The third-order valence-electron chi connectivity index (χ3n) is 0.545. The van der Waals surface area contributed by atoms with Gasteiger partial charge in [-0.25, -0.2) is 0 Å². The van der Waals surface area contributed by atoms with Crippen molar-refractivity contribution in [3.63, 3.8) is 0 Å². The van der Waals surface area contributed by atoms with Gasteiger partial charge in [0.05, 0.1) is 0 Å². The van der Waals surface area contributed by atoms with E-state index in [0.29, 0.717) is 6.54 Å². The van der Waals surface area contributed by atoms with E-state index < -0.39 is 7.12 Å². The van der Waals surface area contributed by atoms with Crippen molar-refractivity contribution in [3.8, 4) is 0 Å². The smallest absolute Gasteiger partial charge is 0.427 e. The molecular weight excluding hydrogens is 92.8 g/mol. The van der Waals surface area contributed by atoms with Gasteiger partial charge in [0.25, 0.3) is 0 Å². The van der Waals surface area contributed by atoms with E-state index in [1.165, 1.54) is 0 Å². The third kappa shape index (κ3) is 5.65. The van der Waals surface area contributed by atoms with Crippen molar-refractivity contribution in [1.29, 1.82) is 0 Å². The average molecular weight is 101 g/mol. The molecule has 2 N–H and O–H groups in total. The van der Waals surface area contributed by atoms with Gasteiger partial charge in [-0.2, -0.15) is 0 Å². The van der Waals surface area contributed by atoms with Crippen LogP contribution < -0.4 is 0 Å². The van der Waals surface area contributed by atoms with E-state index in [1.807, 2.05) is 0 Å². The van der Waals surface area contributed by atoms with Crippen LogP contribution in [-0.2, 0) is 0 Å². The second kappa shape index (κ2) is 3.83. The van der Waals surface area contributed by atoms with Crippen molar-refractivity contribution in [3.05, 3.63) is 0 Å².